The number of amides is 1. The molecule has 136 valence electrons. The molecule has 26 heavy (non-hydrogen) atoms. The fourth-order valence-electron chi connectivity index (χ4n) is 2.45. The molecule has 0 bridgehead atoms. The number of benzene rings is 2. The maximum absolute atomic E-state index is 12.5. The fourth-order valence-corrected chi connectivity index (χ4v) is 3.36. The second-order valence-electron chi connectivity index (χ2n) is 5.22. The van der Waals surface area contributed by atoms with Gasteiger partial charge in [0.15, 0.2) is 16.6 Å². The molecule has 8 heteroatoms. The van der Waals surface area contributed by atoms with E-state index in [2.05, 4.69) is 10.3 Å². The van der Waals surface area contributed by atoms with E-state index in [9.17, 15) is 4.79 Å². The Hall–Kier alpha value is -3.00. The smallest absolute Gasteiger partial charge is 0.257 e. The summed E-state index contributed by atoms with van der Waals surface area (Å²) in [6, 6.07) is 8.56. The van der Waals surface area contributed by atoms with Gasteiger partial charge in [0.25, 0.3) is 5.91 Å². The van der Waals surface area contributed by atoms with Gasteiger partial charge in [0, 0.05) is 11.6 Å². The average molecular weight is 374 g/mol. The molecule has 0 aliphatic heterocycles. The molecule has 1 aromatic heterocycles. The Balaban J connectivity index is 1.90. The third kappa shape index (κ3) is 3.36. The molecule has 0 unspecified atom stereocenters. The summed E-state index contributed by atoms with van der Waals surface area (Å²) in [6.07, 6.45) is 0. The van der Waals surface area contributed by atoms with Crippen LogP contribution >= 0.6 is 11.3 Å². The summed E-state index contributed by atoms with van der Waals surface area (Å²) in [5, 5.41) is 3.27. The van der Waals surface area contributed by atoms with Crippen LogP contribution in [0, 0.1) is 0 Å². The van der Waals surface area contributed by atoms with Crippen molar-refractivity contribution in [2.75, 3.05) is 33.8 Å². The Morgan fingerprint density at radius 3 is 2.31 bits per heavy atom. The minimum absolute atomic E-state index is 0.295. The molecule has 0 spiro atoms. The molecule has 0 atom stereocenters. The molecule has 0 saturated heterocycles. The van der Waals surface area contributed by atoms with Crippen molar-refractivity contribution in [3.63, 3.8) is 0 Å². The monoisotopic (exact) mass is 374 g/mol. The van der Waals surface area contributed by atoms with Gasteiger partial charge in [-0.3, -0.25) is 10.1 Å². The average Bonchev–Trinajstić information content (AvgIpc) is 3.08. The molecule has 0 aliphatic rings. The van der Waals surface area contributed by atoms with Crippen LogP contribution in [0.3, 0.4) is 0 Å². The van der Waals surface area contributed by atoms with Crippen LogP contribution in [0.1, 0.15) is 10.4 Å². The molecule has 2 aromatic carbocycles. The van der Waals surface area contributed by atoms with Crippen molar-refractivity contribution in [3.05, 3.63) is 35.9 Å². The molecule has 7 nitrogen and oxygen atoms in total. The van der Waals surface area contributed by atoms with E-state index in [0.717, 1.165) is 4.70 Å². The molecule has 3 aromatic rings. The number of nitrogens with one attached hydrogen (secondary N) is 1. The number of fused-ring (bicyclic) bond motifs is 1. The van der Waals surface area contributed by atoms with Crippen LogP contribution in [-0.4, -0.2) is 39.3 Å². The number of aromatic nitrogens is 1. The number of ether oxygens (including phenoxy) is 4. The Bertz CT molecular complexity index is 954. The summed E-state index contributed by atoms with van der Waals surface area (Å²) >= 11 is 1.34. The number of thiazole rings is 1. The van der Waals surface area contributed by atoms with Gasteiger partial charge in [0.05, 0.1) is 33.1 Å². The topological polar surface area (TPSA) is 78.9 Å². The highest BCUT2D eigenvalue weighted by Crippen LogP contribution is 2.36. The van der Waals surface area contributed by atoms with Gasteiger partial charge >= 0.3 is 0 Å². The number of hydrogen-bond donors (Lipinski definition) is 1. The minimum atomic E-state index is -0.295. The van der Waals surface area contributed by atoms with Crippen molar-refractivity contribution < 1.29 is 23.7 Å². The van der Waals surface area contributed by atoms with Crippen LogP contribution in [0.5, 0.6) is 23.0 Å². The Kier molecular flexibility index (Phi) is 5.13. The van der Waals surface area contributed by atoms with Crippen molar-refractivity contribution in [2.45, 2.75) is 0 Å². The lowest BCUT2D eigenvalue weighted by Crippen LogP contribution is -2.11. The number of carbonyl (C=O) groups excluding carboxylic acids is 1. The first-order valence-electron chi connectivity index (χ1n) is 7.65. The third-order valence-electron chi connectivity index (χ3n) is 3.76. The summed E-state index contributed by atoms with van der Waals surface area (Å²) in [5.41, 5.74) is 1.10. The van der Waals surface area contributed by atoms with Gasteiger partial charge in [-0.2, -0.15) is 0 Å². The van der Waals surface area contributed by atoms with Crippen molar-refractivity contribution in [1.82, 2.24) is 4.98 Å². The number of methoxy groups -OCH3 is 4. The number of hydrogen-bond acceptors (Lipinski definition) is 7. The lowest BCUT2D eigenvalue weighted by atomic mass is 10.2. The highest BCUT2D eigenvalue weighted by atomic mass is 32.1. The van der Waals surface area contributed by atoms with Crippen LogP contribution < -0.4 is 24.3 Å². The van der Waals surface area contributed by atoms with E-state index in [0.29, 0.717) is 39.2 Å². The first-order chi connectivity index (χ1) is 12.6. The third-order valence-corrected chi connectivity index (χ3v) is 4.67. The van der Waals surface area contributed by atoms with Crippen LogP contribution in [0.4, 0.5) is 5.13 Å². The molecular weight excluding hydrogens is 356 g/mol. The predicted molar refractivity (Wildman–Crippen MR) is 100 cm³/mol. The minimum Gasteiger partial charge on any atom is -0.497 e. The number of rotatable bonds is 6. The van der Waals surface area contributed by atoms with Crippen LogP contribution in [-0.2, 0) is 0 Å². The van der Waals surface area contributed by atoms with Crippen molar-refractivity contribution >= 4 is 32.6 Å². The van der Waals surface area contributed by atoms with Crippen molar-refractivity contribution in [2.24, 2.45) is 0 Å². The van der Waals surface area contributed by atoms with Crippen LogP contribution in [0.15, 0.2) is 30.3 Å². The zero-order chi connectivity index (χ0) is 18.7. The molecule has 0 saturated carbocycles. The Morgan fingerprint density at radius 2 is 1.65 bits per heavy atom. The number of anilines is 1. The van der Waals surface area contributed by atoms with E-state index >= 15 is 0 Å². The molecule has 0 radical (unpaired) electrons. The molecule has 3 rings (SSSR count). The summed E-state index contributed by atoms with van der Waals surface area (Å²) in [6.45, 7) is 0. The van der Waals surface area contributed by atoms with E-state index < -0.39 is 0 Å². The quantitative estimate of drug-likeness (QED) is 0.710. The molecule has 1 N–H and O–H groups in total. The van der Waals surface area contributed by atoms with Crippen molar-refractivity contribution in [1.29, 1.82) is 0 Å². The van der Waals surface area contributed by atoms with Crippen LogP contribution in [0.25, 0.3) is 10.2 Å². The van der Waals surface area contributed by atoms with Crippen LogP contribution in [0.2, 0.25) is 0 Å². The molecule has 1 heterocycles. The van der Waals surface area contributed by atoms with Gasteiger partial charge < -0.3 is 18.9 Å². The number of nitrogens with zero attached hydrogens (tertiary/aromatic N) is 1. The number of carbonyl (C=O) groups is 1. The highest BCUT2D eigenvalue weighted by molar-refractivity contribution is 7.22. The molecule has 0 fully saturated rings. The van der Waals surface area contributed by atoms with Gasteiger partial charge in [-0.15, -0.1) is 0 Å². The molecule has 0 aliphatic carbocycles. The predicted octanol–water partition coefficient (Wildman–Crippen LogP) is 3.58. The fraction of sp³-hybridized carbons (Fsp3) is 0.222. The first-order valence-corrected chi connectivity index (χ1v) is 8.47. The lowest BCUT2D eigenvalue weighted by Gasteiger charge is -2.09. The standard InChI is InChI=1S/C18H18N2O5S/c1-22-11-8-14(25-4)16-15(9-11)26-18(19-16)20-17(21)10-5-6-12(23-2)13(7-10)24-3/h5-9H,1-4H3,(H,19,20,21). The van der Waals surface area contributed by atoms with Gasteiger partial charge in [-0.25, -0.2) is 4.98 Å². The summed E-state index contributed by atoms with van der Waals surface area (Å²) in [5.74, 6) is 1.99. The normalized spacial score (nSPS) is 10.5. The maximum Gasteiger partial charge on any atom is 0.257 e. The highest BCUT2D eigenvalue weighted by Gasteiger charge is 2.15. The van der Waals surface area contributed by atoms with Gasteiger partial charge in [0.2, 0.25) is 0 Å². The summed E-state index contributed by atoms with van der Waals surface area (Å²) in [7, 11) is 6.21. The van der Waals surface area contributed by atoms with E-state index in [1.807, 2.05) is 6.07 Å². The second-order valence-corrected chi connectivity index (χ2v) is 6.25. The van der Waals surface area contributed by atoms with Crippen molar-refractivity contribution in [3.8, 4) is 23.0 Å². The summed E-state index contributed by atoms with van der Waals surface area (Å²) < 4.78 is 21.9. The summed E-state index contributed by atoms with van der Waals surface area (Å²) in [4.78, 5) is 17.0. The van der Waals surface area contributed by atoms with E-state index in [-0.39, 0.29) is 5.91 Å². The molecular formula is C18H18N2O5S. The zero-order valence-electron chi connectivity index (χ0n) is 14.8. The van der Waals surface area contributed by atoms with E-state index in [1.165, 1.54) is 18.4 Å². The largest absolute Gasteiger partial charge is 0.497 e. The Morgan fingerprint density at radius 1 is 0.923 bits per heavy atom. The van der Waals surface area contributed by atoms with E-state index in [4.69, 9.17) is 18.9 Å². The Labute approximate surface area is 154 Å². The second kappa shape index (κ2) is 7.49. The van der Waals surface area contributed by atoms with Gasteiger partial charge in [-0.1, -0.05) is 11.3 Å². The van der Waals surface area contributed by atoms with Gasteiger partial charge in [0.1, 0.15) is 17.0 Å². The maximum atomic E-state index is 12.5. The van der Waals surface area contributed by atoms with E-state index in [1.54, 1.807) is 45.6 Å². The SMILES string of the molecule is COc1cc(OC)c2nc(NC(=O)c3ccc(OC)c(OC)c3)sc2c1. The molecule has 1 amide bonds. The first kappa shape index (κ1) is 17.8. The lowest BCUT2D eigenvalue weighted by molar-refractivity contribution is 0.102. The zero-order valence-corrected chi connectivity index (χ0v) is 15.6. The van der Waals surface area contributed by atoms with Gasteiger partial charge in [-0.05, 0) is 24.3 Å².